The predicted octanol–water partition coefficient (Wildman–Crippen LogP) is 4.21. The Balaban J connectivity index is 2.76. The number of fused-ring (bicyclic) bond motifs is 1. The van der Waals surface area contributed by atoms with Crippen LogP contribution in [-0.4, -0.2) is 18.4 Å². The van der Waals surface area contributed by atoms with E-state index >= 15 is 0 Å². The van der Waals surface area contributed by atoms with Crippen LogP contribution in [-0.2, 0) is 15.0 Å². The predicted molar refractivity (Wildman–Crippen MR) is 96.8 cm³/mol. The van der Waals surface area contributed by atoms with E-state index in [1.165, 1.54) is 6.92 Å². The third-order valence-corrected chi connectivity index (χ3v) is 4.84. The number of hydrogen-bond acceptors (Lipinski definition) is 3. The zero-order valence-corrected chi connectivity index (χ0v) is 16.4. The van der Waals surface area contributed by atoms with Crippen LogP contribution < -0.4 is 9.64 Å². The van der Waals surface area contributed by atoms with Gasteiger partial charge in [-0.05, 0) is 43.0 Å². The zero-order valence-electron chi connectivity index (χ0n) is 16.4. The zero-order chi connectivity index (χ0) is 18.6. The van der Waals surface area contributed by atoms with Crippen molar-refractivity contribution in [2.75, 3.05) is 11.4 Å². The van der Waals surface area contributed by atoms with E-state index in [0.717, 1.165) is 27.9 Å². The second kappa shape index (κ2) is 5.61. The minimum Gasteiger partial charge on any atom is -0.426 e. The van der Waals surface area contributed by atoms with Crippen LogP contribution >= 0.6 is 0 Å². The van der Waals surface area contributed by atoms with Gasteiger partial charge in [0.05, 0.1) is 5.69 Å². The lowest BCUT2D eigenvalue weighted by Crippen LogP contribution is -2.41. The van der Waals surface area contributed by atoms with E-state index < -0.39 is 5.41 Å². The van der Waals surface area contributed by atoms with E-state index in [1.54, 1.807) is 0 Å². The maximum absolute atomic E-state index is 13.0. The second-order valence-corrected chi connectivity index (χ2v) is 8.55. The topological polar surface area (TPSA) is 46.6 Å². The molecule has 1 amide bonds. The second-order valence-electron chi connectivity index (χ2n) is 8.55. The molecule has 4 nitrogen and oxygen atoms in total. The number of carbonyl (C=O) groups excluding carboxylic acids is 2. The van der Waals surface area contributed by atoms with Crippen molar-refractivity contribution < 1.29 is 14.3 Å². The maximum Gasteiger partial charge on any atom is 0.308 e. The highest BCUT2D eigenvalue weighted by molar-refractivity contribution is 6.01. The fraction of sp³-hybridized carbons (Fsp3) is 0.600. The van der Waals surface area contributed by atoms with Gasteiger partial charge in [-0.15, -0.1) is 0 Å². The van der Waals surface area contributed by atoms with Crippen LogP contribution in [0.1, 0.15) is 63.8 Å². The van der Waals surface area contributed by atoms with E-state index in [-0.39, 0.29) is 17.3 Å². The number of nitrogens with zero attached hydrogens (tertiary/aromatic N) is 1. The lowest BCUT2D eigenvalue weighted by molar-refractivity contribution is -0.132. The molecule has 0 saturated heterocycles. The van der Waals surface area contributed by atoms with Crippen molar-refractivity contribution in [2.45, 2.75) is 67.7 Å². The molecule has 2 rings (SSSR count). The summed E-state index contributed by atoms with van der Waals surface area (Å²) in [4.78, 5) is 26.4. The van der Waals surface area contributed by atoms with Gasteiger partial charge in [-0.2, -0.15) is 0 Å². The number of amides is 1. The van der Waals surface area contributed by atoms with Crippen molar-refractivity contribution in [1.29, 1.82) is 0 Å². The van der Waals surface area contributed by atoms with Crippen molar-refractivity contribution in [3.05, 3.63) is 22.3 Å². The molecule has 1 heterocycles. The van der Waals surface area contributed by atoms with Gasteiger partial charge < -0.3 is 9.64 Å². The molecular formula is C20H29NO3. The molecule has 0 atom stereocenters. The molecule has 1 aliphatic rings. The number of rotatable bonds is 1. The van der Waals surface area contributed by atoms with Crippen LogP contribution in [0.2, 0.25) is 0 Å². The summed E-state index contributed by atoms with van der Waals surface area (Å²) in [6.45, 7) is 18.1. The molecule has 0 unspecified atom stereocenters. The Morgan fingerprint density at radius 1 is 1.04 bits per heavy atom. The van der Waals surface area contributed by atoms with Gasteiger partial charge in [0.2, 0.25) is 5.91 Å². The summed E-state index contributed by atoms with van der Waals surface area (Å²) >= 11 is 0. The fourth-order valence-electron chi connectivity index (χ4n) is 3.70. The molecule has 0 N–H and O–H groups in total. The number of hydrogen-bond donors (Lipinski definition) is 0. The van der Waals surface area contributed by atoms with Gasteiger partial charge >= 0.3 is 5.97 Å². The van der Waals surface area contributed by atoms with E-state index in [0.29, 0.717) is 12.3 Å². The molecule has 0 aromatic heterocycles. The number of esters is 1. The van der Waals surface area contributed by atoms with Gasteiger partial charge in [0.1, 0.15) is 5.75 Å². The van der Waals surface area contributed by atoms with Crippen LogP contribution in [0.5, 0.6) is 5.75 Å². The highest BCUT2D eigenvalue weighted by Gasteiger charge is 2.44. The largest absolute Gasteiger partial charge is 0.426 e. The lowest BCUT2D eigenvalue weighted by atomic mass is 9.82. The molecule has 1 aliphatic heterocycles. The standard InChI is InChI=1S/C20H29NO3/c1-11-12(2)17(24-14(4)22)13(3)15-16(11)21(10-20(15,8)9)18(23)19(5,6)7/h10H2,1-9H3. The van der Waals surface area contributed by atoms with Gasteiger partial charge in [-0.3, -0.25) is 9.59 Å². The SMILES string of the molecule is CC(=O)Oc1c(C)c(C)c2c(c1C)C(C)(C)CN2C(=O)C(C)(C)C. The average molecular weight is 331 g/mol. The fourth-order valence-corrected chi connectivity index (χ4v) is 3.70. The third kappa shape index (κ3) is 2.83. The van der Waals surface area contributed by atoms with E-state index in [4.69, 9.17) is 4.74 Å². The summed E-state index contributed by atoms with van der Waals surface area (Å²) < 4.78 is 5.50. The molecule has 4 heteroatoms. The Morgan fingerprint density at radius 3 is 2.04 bits per heavy atom. The summed E-state index contributed by atoms with van der Waals surface area (Å²) in [7, 11) is 0. The first-order valence-electron chi connectivity index (χ1n) is 8.43. The summed E-state index contributed by atoms with van der Waals surface area (Å²) in [5.74, 6) is 0.437. The van der Waals surface area contributed by atoms with Gasteiger partial charge in [0, 0.05) is 24.3 Å². The number of ether oxygens (including phenoxy) is 1. The van der Waals surface area contributed by atoms with Crippen molar-refractivity contribution in [1.82, 2.24) is 0 Å². The molecule has 1 aromatic carbocycles. The Bertz CT molecular complexity index is 724. The number of carbonyl (C=O) groups is 2. The monoisotopic (exact) mass is 331 g/mol. The van der Waals surface area contributed by atoms with Crippen LogP contribution in [0.3, 0.4) is 0 Å². The first kappa shape index (κ1) is 18.5. The minimum absolute atomic E-state index is 0.122. The Morgan fingerprint density at radius 2 is 1.58 bits per heavy atom. The van der Waals surface area contributed by atoms with Crippen molar-refractivity contribution >= 4 is 17.6 Å². The molecule has 0 spiro atoms. The van der Waals surface area contributed by atoms with Crippen molar-refractivity contribution in [3.63, 3.8) is 0 Å². The number of anilines is 1. The minimum atomic E-state index is -0.444. The quantitative estimate of drug-likeness (QED) is 0.572. The van der Waals surface area contributed by atoms with E-state index in [9.17, 15) is 9.59 Å². The van der Waals surface area contributed by atoms with Crippen LogP contribution in [0.4, 0.5) is 5.69 Å². The summed E-state index contributed by atoms with van der Waals surface area (Å²) in [5.41, 5.74) is 4.36. The van der Waals surface area contributed by atoms with Gasteiger partial charge in [-0.1, -0.05) is 34.6 Å². The highest BCUT2D eigenvalue weighted by atomic mass is 16.5. The highest BCUT2D eigenvalue weighted by Crippen LogP contribution is 2.50. The van der Waals surface area contributed by atoms with Crippen LogP contribution in [0.25, 0.3) is 0 Å². The first-order chi connectivity index (χ1) is 10.8. The van der Waals surface area contributed by atoms with Crippen molar-refractivity contribution in [2.24, 2.45) is 5.41 Å². The van der Waals surface area contributed by atoms with Gasteiger partial charge in [0.25, 0.3) is 0 Å². The molecule has 0 bridgehead atoms. The van der Waals surface area contributed by atoms with Crippen LogP contribution in [0.15, 0.2) is 0 Å². The van der Waals surface area contributed by atoms with Crippen LogP contribution in [0, 0.1) is 26.2 Å². The Hall–Kier alpha value is -1.84. The molecule has 1 aromatic rings. The number of benzene rings is 1. The lowest BCUT2D eigenvalue weighted by Gasteiger charge is -2.28. The maximum atomic E-state index is 13.0. The molecular weight excluding hydrogens is 302 g/mol. The Kier molecular flexibility index (Phi) is 4.32. The third-order valence-electron chi connectivity index (χ3n) is 4.84. The summed E-state index contributed by atoms with van der Waals surface area (Å²) in [6.07, 6.45) is 0. The molecule has 132 valence electrons. The molecule has 0 aliphatic carbocycles. The van der Waals surface area contributed by atoms with E-state index in [2.05, 4.69) is 13.8 Å². The smallest absolute Gasteiger partial charge is 0.308 e. The molecule has 0 fully saturated rings. The van der Waals surface area contributed by atoms with E-state index in [1.807, 2.05) is 46.4 Å². The van der Waals surface area contributed by atoms with Gasteiger partial charge in [-0.25, -0.2) is 0 Å². The average Bonchev–Trinajstić information content (AvgIpc) is 2.70. The summed E-state index contributed by atoms with van der Waals surface area (Å²) in [5, 5.41) is 0. The molecule has 24 heavy (non-hydrogen) atoms. The first-order valence-corrected chi connectivity index (χ1v) is 8.43. The van der Waals surface area contributed by atoms with Gasteiger partial charge in [0.15, 0.2) is 0 Å². The normalized spacial score (nSPS) is 16.1. The summed E-state index contributed by atoms with van der Waals surface area (Å²) in [6, 6.07) is 0. The van der Waals surface area contributed by atoms with Crippen molar-refractivity contribution in [3.8, 4) is 5.75 Å². The Labute approximate surface area is 145 Å². The molecule has 0 saturated carbocycles. The molecule has 0 radical (unpaired) electrons.